The highest BCUT2D eigenvalue weighted by Crippen LogP contribution is 2.36. The van der Waals surface area contributed by atoms with E-state index in [1.54, 1.807) is 11.0 Å². The number of nitrogens with one attached hydrogen (secondary N) is 1. The molecule has 2 amide bonds. The second-order valence-corrected chi connectivity index (χ2v) is 9.58. The molecule has 1 N–H and O–H groups in total. The largest absolute Gasteiger partial charge is 0.328 e. The number of likely N-dealkylation sites (tertiary alicyclic amines) is 1. The Bertz CT molecular complexity index is 1100. The Balaban J connectivity index is 1.45. The average molecular weight is 450 g/mol. The molecular formula is C25H31N5O3. The first-order valence-electron chi connectivity index (χ1n) is 12.2. The molecule has 0 radical (unpaired) electrons. The summed E-state index contributed by atoms with van der Waals surface area (Å²) in [7, 11) is 0. The number of carbonyl (C=O) groups is 2. The van der Waals surface area contributed by atoms with Gasteiger partial charge < -0.3 is 9.88 Å². The van der Waals surface area contributed by atoms with E-state index in [0.29, 0.717) is 36.7 Å². The summed E-state index contributed by atoms with van der Waals surface area (Å²) < 4.78 is 0. The van der Waals surface area contributed by atoms with Gasteiger partial charge in [0, 0.05) is 43.0 Å². The maximum atomic E-state index is 13.2. The van der Waals surface area contributed by atoms with Crippen LogP contribution < -0.4 is 10.5 Å². The summed E-state index contributed by atoms with van der Waals surface area (Å²) in [5.74, 6) is 1.90. The van der Waals surface area contributed by atoms with Gasteiger partial charge in [-0.3, -0.25) is 19.3 Å². The molecule has 0 spiro atoms. The van der Waals surface area contributed by atoms with Crippen LogP contribution in [0.2, 0.25) is 0 Å². The van der Waals surface area contributed by atoms with Crippen LogP contribution in [0, 0.1) is 12.8 Å². The van der Waals surface area contributed by atoms with Crippen molar-refractivity contribution < 1.29 is 9.59 Å². The van der Waals surface area contributed by atoms with Crippen LogP contribution in [-0.2, 0) is 11.2 Å². The predicted octanol–water partition coefficient (Wildman–Crippen LogP) is 3.31. The molecule has 2 aromatic heterocycles. The molecular weight excluding hydrogens is 418 g/mol. The van der Waals surface area contributed by atoms with Crippen LogP contribution in [0.4, 0.5) is 5.82 Å². The molecule has 1 saturated heterocycles. The molecule has 3 aliphatic rings. The molecule has 1 atom stereocenters. The van der Waals surface area contributed by atoms with Gasteiger partial charge in [-0.1, -0.05) is 19.3 Å². The smallest absolute Gasteiger partial charge is 0.255 e. The Morgan fingerprint density at radius 3 is 2.64 bits per heavy atom. The fraction of sp³-hybridized carbons (Fsp3) is 0.560. The van der Waals surface area contributed by atoms with Gasteiger partial charge in [-0.15, -0.1) is 0 Å². The van der Waals surface area contributed by atoms with E-state index in [0.717, 1.165) is 36.5 Å². The van der Waals surface area contributed by atoms with Crippen molar-refractivity contribution in [3.05, 3.63) is 51.3 Å². The van der Waals surface area contributed by atoms with Gasteiger partial charge in [0.1, 0.15) is 5.82 Å². The van der Waals surface area contributed by atoms with Crippen LogP contribution in [0.5, 0.6) is 0 Å². The van der Waals surface area contributed by atoms with Gasteiger partial charge in [-0.05, 0) is 51.0 Å². The molecule has 8 nitrogen and oxygen atoms in total. The number of amides is 2. The average Bonchev–Trinajstić information content (AvgIpc) is 3.31. The van der Waals surface area contributed by atoms with Crippen molar-refractivity contribution in [2.45, 2.75) is 70.8 Å². The molecule has 33 heavy (non-hydrogen) atoms. The lowest BCUT2D eigenvalue weighted by Gasteiger charge is -2.34. The van der Waals surface area contributed by atoms with Gasteiger partial charge in [0.25, 0.3) is 5.91 Å². The normalized spacial score (nSPS) is 21.4. The molecule has 4 heterocycles. The van der Waals surface area contributed by atoms with Crippen molar-refractivity contribution in [3.8, 4) is 0 Å². The van der Waals surface area contributed by atoms with Crippen LogP contribution in [-0.4, -0.2) is 44.8 Å². The highest BCUT2D eigenvalue weighted by atomic mass is 16.2. The van der Waals surface area contributed by atoms with Gasteiger partial charge in [0.2, 0.25) is 11.5 Å². The molecule has 5 rings (SSSR count). The lowest BCUT2D eigenvalue weighted by Crippen LogP contribution is -2.41. The fourth-order valence-corrected chi connectivity index (χ4v) is 5.56. The number of hydrogen-bond donors (Lipinski definition) is 1. The van der Waals surface area contributed by atoms with E-state index in [-0.39, 0.29) is 23.4 Å². The van der Waals surface area contributed by atoms with E-state index in [1.807, 2.05) is 11.8 Å². The maximum Gasteiger partial charge on any atom is 0.255 e. The SMILES string of the molecule is Cc1nc([C@H]2CCCN2C(=O)c2ccc(=O)[nH]c2)nc2c1CCC(=O)N2CC1CCCCC1. The number of pyridine rings is 1. The van der Waals surface area contributed by atoms with Crippen molar-refractivity contribution in [2.24, 2.45) is 5.92 Å². The van der Waals surface area contributed by atoms with E-state index < -0.39 is 0 Å². The van der Waals surface area contributed by atoms with E-state index in [9.17, 15) is 14.4 Å². The van der Waals surface area contributed by atoms with Crippen LogP contribution in [0.1, 0.15) is 84.8 Å². The summed E-state index contributed by atoms with van der Waals surface area (Å²) >= 11 is 0. The highest BCUT2D eigenvalue weighted by Gasteiger charge is 2.36. The van der Waals surface area contributed by atoms with E-state index in [2.05, 4.69) is 4.98 Å². The van der Waals surface area contributed by atoms with Gasteiger partial charge in [0.05, 0.1) is 11.6 Å². The maximum absolute atomic E-state index is 13.2. The third-order valence-electron chi connectivity index (χ3n) is 7.36. The second-order valence-electron chi connectivity index (χ2n) is 9.58. The molecule has 2 aliphatic heterocycles. The Labute approximate surface area is 193 Å². The van der Waals surface area contributed by atoms with Crippen molar-refractivity contribution >= 4 is 17.6 Å². The quantitative estimate of drug-likeness (QED) is 0.772. The minimum absolute atomic E-state index is 0.136. The Morgan fingerprint density at radius 2 is 1.88 bits per heavy atom. The number of H-pyrrole nitrogens is 1. The van der Waals surface area contributed by atoms with Crippen molar-refractivity contribution in [1.29, 1.82) is 0 Å². The number of aryl methyl sites for hydroxylation is 1. The molecule has 174 valence electrons. The Morgan fingerprint density at radius 1 is 1.06 bits per heavy atom. The Kier molecular flexibility index (Phi) is 6.00. The van der Waals surface area contributed by atoms with Gasteiger partial charge in [-0.25, -0.2) is 9.97 Å². The van der Waals surface area contributed by atoms with Crippen LogP contribution in [0.25, 0.3) is 0 Å². The van der Waals surface area contributed by atoms with Crippen LogP contribution >= 0.6 is 0 Å². The topological polar surface area (TPSA) is 99.3 Å². The number of aromatic amines is 1. The molecule has 0 aromatic carbocycles. The van der Waals surface area contributed by atoms with Crippen LogP contribution in [0.3, 0.4) is 0 Å². The number of anilines is 1. The lowest BCUT2D eigenvalue weighted by molar-refractivity contribution is -0.119. The number of hydrogen-bond acceptors (Lipinski definition) is 5. The third-order valence-corrected chi connectivity index (χ3v) is 7.36. The molecule has 2 aromatic rings. The molecule has 2 fully saturated rings. The van der Waals surface area contributed by atoms with Crippen molar-refractivity contribution in [2.75, 3.05) is 18.0 Å². The van der Waals surface area contributed by atoms with E-state index in [4.69, 9.17) is 9.97 Å². The van der Waals surface area contributed by atoms with Gasteiger partial charge >= 0.3 is 0 Å². The summed E-state index contributed by atoms with van der Waals surface area (Å²) in [4.78, 5) is 53.5. The highest BCUT2D eigenvalue weighted by molar-refractivity contribution is 5.96. The number of rotatable bonds is 4. The fourth-order valence-electron chi connectivity index (χ4n) is 5.56. The first-order valence-corrected chi connectivity index (χ1v) is 12.2. The van der Waals surface area contributed by atoms with Crippen LogP contribution in [0.15, 0.2) is 23.1 Å². The minimum Gasteiger partial charge on any atom is -0.328 e. The summed E-state index contributed by atoms with van der Waals surface area (Å²) in [6.45, 7) is 3.33. The predicted molar refractivity (Wildman–Crippen MR) is 124 cm³/mol. The number of aromatic nitrogens is 3. The summed E-state index contributed by atoms with van der Waals surface area (Å²) in [5, 5.41) is 0. The van der Waals surface area contributed by atoms with Crippen molar-refractivity contribution in [1.82, 2.24) is 19.9 Å². The first-order chi connectivity index (χ1) is 16.0. The second kappa shape index (κ2) is 9.08. The zero-order valence-corrected chi connectivity index (χ0v) is 19.2. The number of carbonyl (C=O) groups excluding carboxylic acids is 2. The Hall–Kier alpha value is -3.03. The first kappa shape index (κ1) is 21.8. The number of fused-ring (bicyclic) bond motifs is 1. The summed E-state index contributed by atoms with van der Waals surface area (Å²) in [6.07, 6.45) is 10.4. The van der Waals surface area contributed by atoms with E-state index >= 15 is 0 Å². The molecule has 1 aliphatic carbocycles. The molecule has 8 heteroatoms. The van der Waals surface area contributed by atoms with E-state index in [1.165, 1.54) is 44.4 Å². The summed E-state index contributed by atoms with van der Waals surface area (Å²) in [5.41, 5.74) is 2.18. The zero-order chi connectivity index (χ0) is 22.9. The zero-order valence-electron chi connectivity index (χ0n) is 19.2. The number of nitrogens with zero attached hydrogens (tertiary/aromatic N) is 4. The monoisotopic (exact) mass is 449 g/mol. The molecule has 1 saturated carbocycles. The standard InChI is InChI=1S/C25H31N5O3/c1-16-19-10-12-22(32)30(15-17-6-3-2-4-7-17)24(19)28-23(27-16)20-8-5-13-29(20)25(33)18-9-11-21(31)26-14-18/h9,11,14,17,20H,2-8,10,12-13,15H2,1H3,(H,26,31)/t20-/m1/s1. The summed E-state index contributed by atoms with van der Waals surface area (Å²) in [6, 6.07) is 2.69. The lowest BCUT2D eigenvalue weighted by atomic mass is 9.88. The minimum atomic E-state index is -0.235. The molecule has 0 unspecified atom stereocenters. The van der Waals surface area contributed by atoms with Gasteiger partial charge in [-0.2, -0.15) is 0 Å². The molecule has 0 bridgehead atoms. The van der Waals surface area contributed by atoms with Crippen molar-refractivity contribution in [3.63, 3.8) is 0 Å². The third kappa shape index (κ3) is 4.30. The van der Waals surface area contributed by atoms with Gasteiger partial charge in [0.15, 0.2) is 5.82 Å².